The Kier molecular flexibility index (Phi) is 3.71. The Balaban J connectivity index is 2.57. The molecule has 1 unspecified atom stereocenters. The van der Waals surface area contributed by atoms with E-state index in [1.807, 2.05) is 13.8 Å². The Labute approximate surface area is 113 Å². The van der Waals surface area contributed by atoms with Gasteiger partial charge in [0.15, 0.2) is 0 Å². The largest absolute Gasteiger partial charge is 0.480 e. The highest BCUT2D eigenvalue weighted by Gasteiger charge is 2.24. The lowest BCUT2D eigenvalue weighted by atomic mass is 10.0. The molecule has 1 N–H and O–H groups in total. The maximum atomic E-state index is 13.1. The molecule has 0 radical (unpaired) electrons. The van der Waals surface area contributed by atoms with Gasteiger partial charge < -0.3 is 5.11 Å². The molecule has 1 aromatic heterocycles. The zero-order valence-electron chi connectivity index (χ0n) is 10.6. The molecule has 102 valence electrons. The van der Waals surface area contributed by atoms with Gasteiger partial charge in [0.2, 0.25) is 0 Å². The van der Waals surface area contributed by atoms with Crippen molar-refractivity contribution in [1.82, 2.24) is 3.96 Å². The minimum Gasteiger partial charge on any atom is -0.480 e. The summed E-state index contributed by atoms with van der Waals surface area (Å²) in [6.07, 6.45) is 0.366. The summed E-state index contributed by atoms with van der Waals surface area (Å²) in [7, 11) is 0. The number of fused-ring (bicyclic) bond motifs is 1. The number of carbonyl (C=O) groups is 1. The molecule has 0 aliphatic rings. The van der Waals surface area contributed by atoms with Gasteiger partial charge in [0, 0.05) is 0 Å². The Bertz CT molecular complexity index is 674. The molecule has 0 bridgehead atoms. The number of carboxylic acids is 1. The van der Waals surface area contributed by atoms with Crippen molar-refractivity contribution in [3.8, 4) is 0 Å². The van der Waals surface area contributed by atoms with Gasteiger partial charge in [0.1, 0.15) is 11.9 Å². The number of aliphatic carboxylic acids is 1. The predicted octanol–water partition coefficient (Wildman–Crippen LogP) is 2.87. The summed E-state index contributed by atoms with van der Waals surface area (Å²) < 4.78 is 15.0. The summed E-state index contributed by atoms with van der Waals surface area (Å²) >= 11 is 1.07. The Morgan fingerprint density at radius 3 is 2.74 bits per heavy atom. The van der Waals surface area contributed by atoms with E-state index in [1.54, 1.807) is 0 Å². The van der Waals surface area contributed by atoms with Gasteiger partial charge in [-0.05, 0) is 30.5 Å². The van der Waals surface area contributed by atoms with Crippen LogP contribution in [0.2, 0.25) is 0 Å². The second-order valence-corrected chi connectivity index (χ2v) is 5.86. The van der Waals surface area contributed by atoms with E-state index in [9.17, 15) is 19.1 Å². The van der Waals surface area contributed by atoms with E-state index in [2.05, 4.69) is 0 Å². The average molecular weight is 283 g/mol. The van der Waals surface area contributed by atoms with Crippen LogP contribution in [-0.2, 0) is 4.79 Å². The fraction of sp³-hybridized carbons (Fsp3) is 0.385. The number of aromatic nitrogens is 1. The Morgan fingerprint density at radius 2 is 2.16 bits per heavy atom. The van der Waals surface area contributed by atoms with E-state index in [0.717, 1.165) is 17.6 Å². The third-order valence-corrected chi connectivity index (χ3v) is 4.00. The molecule has 2 aromatic rings. The third kappa shape index (κ3) is 2.68. The van der Waals surface area contributed by atoms with Crippen LogP contribution in [0.15, 0.2) is 23.0 Å². The van der Waals surface area contributed by atoms with Gasteiger partial charge in [-0.2, -0.15) is 0 Å². The zero-order valence-corrected chi connectivity index (χ0v) is 11.4. The number of rotatable bonds is 4. The highest BCUT2D eigenvalue weighted by Crippen LogP contribution is 2.24. The van der Waals surface area contributed by atoms with Crippen molar-refractivity contribution in [3.05, 3.63) is 34.4 Å². The molecule has 1 heterocycles. The van der Waals surface area contributed by atoms with Crippen LogP contribution in [0.5, 0.6) is 0 Å². The first kappa shape index (κ1) is 13.7. The van der Waals surface area contributed by atoms with Crippen LogP contribution < -0.4 is 5.56 Å². The summed E-state index contributed by atoms with van der Waals surface area (Å²) in [5.41, 5.74) is -0.437. The second kappa shape index (κ2) is 5.13. The van der Waals surface area contributed by atoms with Crippen LogP contribution in [0.1, 0.15) is 26.3 Å². The van der Waals surface area contributed by atoms with Crippen molar-refractivity contribution in [2.45, 2.75) is 26.3 Å². The van der Waals surface area contributed by atoms with Crippen LogP contribution >= 0.6 is 11.5 Å². The Hall–Kier alpha value is -1.69. The molecule has 0 aliphatic heterocycles. The minimum atomic E-state index is -1.04. The van der Waals surface area contributed by atoms with E-state index < -0.39 is 23.4 Å². The molecule has 1 atom stereocenters. The fourth-order valence-corrected chi connectivity index (χ4v) is 3.03. The number of hydrogen-bond donors (Lipinski definition) is 1. The molecule has 0 aliphatic carbocycles. The average Bonchev–Trinajstić information content (AvgIpc) is 2.63. The molecule has 2 rings (SSSR count). The predicted molar refractivity (Wildman–Crippen MR) is 72.2 cm³/mol. The fourth-order valence-electron chi connectivity index (χ4n) is 1.96. The molecule has 6 heteroatoms. The van der Waals surface area contributed by atoms with Crippen molar-refractivity contribution >= 4 is 27.6 Å². The summed E-state index contributed by atoms with van der Waals surface area (Å²) in [4.78, 5) is 23.5. The summed E-state index contributed by atoms with van der Waals surface area (Å²) in [6.45, 7) is 3.79. The van der Waals surface area contributed by atoms with Crippen LogP contribution in [-0.4, -0.2) is 15.0 Å². The van der Waals surface area contributed by atoms with Gasteiger partial charge in [0.25, 0.3) is 5.56 Å². The monoisotopic (exact) mass is 283 g/mol. The highest BCUT2D eigenvalue weighted by molar-refractivity contribution is 7.14. The number of carboxylic acid groups (broad SMARTS) is 1. The first-order chi connectivity index (χ1) is 8.90. The van der Waals surface area contributed by atoms with Gasteiger partial charge in [0.05, 0.1) is 10.1 Å². The molecule has 19 heavy (non-hydrogen) atoms. The molecule has 4 nitrogen and oxygen atoms in total. The van der Waals surface area contributed by atoms with Gasteiger partial charge in [-0.3, -0.25) is 4.79 Å². The number of nitrogens with zero attached hydrogens (tertiary/aromatic N) is 1. The first-order valence-corrected chi connectivity index (χ1v) is 6.71. The molecule has 1 aromatic carbocycles. The van der Waals surface area contributed by atoms with Crippen LogP contribution in [0.3, 0.4) is 0 Å². The quantitative estimate of drug-likeness (QED) is 0.938. The summed E-state index contributed by atoms with van der Waals surface area (Å²) in [5, 5.41) is 9.49. The SMILES string of the molecule is CC(C)CC(C(=O)O)n1sc2ccc(F)cc2c1=O. The molecule has 0 saturated carbocycles. The molecular weight excluding hydrogens is 269 g/mol. The maximum absolute atomic E-state index is 13.1. The lowest BCUT2D eigenvalue weighted by Crippen LogP contribution is -2.26. The van der Waals surface area contributed by atoms with Crippen LogP contribution in [0.25, 0.3) is 10.1 Å². The van der Waals surface area contributed by atoms with E-state index >= 15 is 0 Å². The Morgan fingerprint density at radius 1 is 1.47 bits per heavy atom. The molecule has 0 spiro atoms. The summed E-state index contributed by atoms with van der Waals surface area (Å²) in [5.74, 6) is -1.39. The van der Waals surface area contributed by atoms with E-state index in [1.165, 1.54) is 16.1 Å². The van der Waals surface area contributed by atoms with Crippen molar-refractivity contribution in [3.63, 3.8) is 0 Å². The number of halogens is 1. The van der Waals surface area contributed by atoms with E-state index in [-0.39, 0.29) is 11.3 Å². The van der Waals surface area contributed by atoms with Crippen LogP contribution in [0, 0.1) is 11.7 Å². The highest BCUT2D eigenvalue weighted by atomic mass is 32.1. The van der Waals surface area contributed by atoms with Crippen LogP contribution in [0.4, 0.5) is 4.39 Å². The van der Waals surface area contributed by atoms with E-state index in [0.29, 0.717) is 11.1 Å². The smallest absolute Gasteiger partial charge is 0.327 e. The number of benzene rings is 1. The molecular formula is C13H14FNO3S. The van der Waals surface area contributed by atoms with Gasteiger partial charge in [-0.15, -0.1) is 0 Å². The van der Waals surface area contributed by atoms with Crippen molar-refractivity contribution in [2.75, 3.05) is 0 Å². The lowest BCUT2D eigenvalue weighted by molar-refractivity contribution is -0.141. The van der Waals surface area contributed by atoms with Gasteiger partial charge >= 0.3 is 5.97 Å². The van der Waals surface area contributed by atoms with Gasteiger partial charge in [-0.1, -0.05) is 25.4 Å². The van der Waals surface area contributed by atoms with Gasteiger partial charge in [-0.25, -0.2) is 13.1 Å². The standard InChI is InChI=1S/C13H14FNO3S/c1-7(2)5-10(13(17)18)15-12(16)9-6-8(14)3-4-11(9)19-15/h3-4,6-7,10H,5H2,1-2H3,(H,17,18). The topological polar surface area (TPSA) is 59.3 Å². The summed E-state index contributed by atoms with van der Waals surface area (Å²) in [6, 6.07) is 3.02. The van der Waals surface area contributed by atoms with Crippen molar-refractivity contribution in [2.24, 2.45) is 5.92 Å². The number of hydrogen-bond acceptors (Lipinski definition) is 3. The normalized spacial score (nSPS) is 13.1. The third-order valence-electron chi connectivity index (χ3n) is 2.83. The molecule has 0 amide bonds. The lowest BCUT2D eigenvalue weighted by Gasteiger charge is -2.14. The van der Waals surface area contributed by atoms with E-state index in [4.69, 9.17) is 0 Å². The van der Waals surface area contributed by atoms with Crippen molar-refractivity contribution < 1.29 is 14.3 Å². The van der Waals surface area contributed by atoms with Crippen molar-refractivity contribution in [1.29, 1.82) is 0 Å². The maximum Gasteiger partial charge on any atom is 0.327 e. The minimum absolute atomic E-state index is 0.148. The molecule has 0 fully saturated rings. The first-order valence-electron chi connectivity index (χ1n) is 5.94. The second-order valence-electron chi connectivity index (χ2n) is 4.85. The molecule has 0 saturated heterocycles. The zero-order chi connectivity index (χ0) is 14.2.